The van der Waals surface area contributed by atoms with Gasteiger partial charge in [-0.15, -0.1) is 0 Å². The van der Waals surface area contributed by atoms with E-state index in [9.17, 15) is 8.42 Å². The van der Waals surface area contributed by atoms with Crippen molar-refractivity contribution in [2.24, 2.45) is 5.92 Å². The van der Waals surface area contributed by atoms with Crippen LogP contribution in [0.5, 0.6) is 0 Å². The molecule has 1 atom stereocenters. The Labute approximate surface area is 106 Å². The summed E-state index contributed by atoms with van der Waals surface area (Å²) < 4.78 is 26.2. The summed E-state index contributed by atoms with van der Waals surface area (Å²) >= 11 is 0. The summed E-state index contributed by atoms with van der Waals surface area (Å²) in [5.41, 5.74) is 0. The summed E-state index contributed by atoms with van der Waals surface area (Å²) in [5, 5.41) is 3.16. The van der Waals surface area contributed by atoms with Crippen LogP contribution >= 0.6 is 0 Å². The van der Waals surface area contributed by atoms with Crippen molar-refractivity contribution in [1.29, 1.82) is 0 Å². The average molecular weight is 262 g/mol. The van der Waals surface area contributed by atoms with Crippen LogP contribution in [0.15, 0.2) is 0 Å². The molecular weight excluding hydrogens is 236 g/mol. The molecule has 0 amide bonds. The van der Waals surface area contributed by atoms with E-state index in [-0.39, 0.29) is 11.8 Å². The van der Waals surface area contributed by atoms with E-state index in [1.54, 1.807) is 4.31 Å². The van der Waals surface area contributed by atoms with E-state index in [0.717, 1.165) is 25.9 Å². The first-order valence-corrected chi connectivity index (χ1v) is 8.30. The molecule has 0 saturated carbocycles. The van der Waals surface area contributed by atoms with Crippen molar-refractivity contribution in [2.45, 2.75) is 46.1 Å². The van der Waals surface area contributed by atoms with Gasteiger partial charge in [-0.25, -0.2) is 8.42 Å². The Hall–Kier alpha value is -0.130. The molecule has 0 aromatic heterocycles. The highest BCUT2D eigenvalue weighted by Gasteiger charge is 2.35. The Morgan fingerprint density at radius 3 is 2.71 bits per heavy atom. The van der Waals surface area contributed by atoms with Gasteiger partial charge >= 0.3 is 0 Å². The first-order valence-electron chi connectivity index (χ1n) is 6.69. The molecule has 1 heterocycles. The summed E-state index contributed by atoms with van der Waals surface area (Å²) in [6, 6.07) is 0.221. The Balaban J connectivity index is 2.51. The second-order valence-corrected chi connectivity index (χ2v) is 7.13. The van der Waals surface area contributed by atoms with Gasteiger partial charge in [0, 0.05) is 12.6 Å². The summed E-state index contributed by atoms with van der Waals surface area (Å²) in [7, 11) is -3.04. The zero-order chi connectivity index (χ0) is 12.9. The molecular formula is C12H26N2O2S. The largest absolute Gasteiger partial charge is 0.317 e. The third-order valence-corrected chi connectivity index (χ3v) is 5.35. The van der Waals surface area contributed by atoms with Crippen LogP contribution in [0.4, 0.5) is 0 Å². The van der Waals surface area contributed by atoms with Crippen LogP contribution in [-0.2, 0) is 10.0 Å². The highest BCUT2D eigenvalue weighted by Crippen LogP contribution is 2.26. The van der Waals surface area contributed by atoms with Crippen LogP contribution in [0, 0.1) is 5.92 Å². The number of sulfonamides is 1. The Bertz CT molecular complexity index is 314. The zero-order valence-electron chi connectivity index (χ0n) is 11.3. The Morgan fingerprint density at radius 1 is 1.41 bits per heavy atom. The Kier molecular flexibility index (Phi) is 5.89. The van der Waals surface area contributed by atoms with Gasteiger partial charge in [0.1, 0.15) is 0 Å². The molecule has 0 bridgehead atoms. The van der Waals surface area contributed by atoms with Gasteiger partial charge in [-0.05, 0) is 38.3 Å². The molecule has 1 aliphatic heterocycles. The van der Waals surface area contributed by atoms with Gasteiger partial charge in [-0.3, -0.25) is 0 Å². The molecule has 0 aromatic rings. The SMILES string of the molecule is CCNCCCS(=O)(=O)N1CCCC1C(C)C. The first-order chi connectivity index (χ1) is 7.99. The summed E-state index contributed by atoms with van der Waals surface area (Å²) in [6.07, 6.45) is 2.73. The van der Waals surface area contributed by atoms with E-state index < -0.39 is 10.0 Å². The summed E-state index contributed by atoms with van der Waals surface area (Å²) in [6.45, 7) is 8.65. The molecule has 102 valence electrons. The van der Waals surface area contributed by atoms with Crippen molar-refractivity contribution in [3.8, 4) is 0 Å². The van der Waals surface area contributed by atoms with Crippen molar-refractivity contribution < 1.29 is 8.42 Å². The van der Waals surface area contributed by atoms with Gasteiger partial charge in [0.05, 0.1) is 5.75 Å². The third kappa shape index (κ3) is 4.23. The molecule has 4 nitrogen and oxygen atoms in total. The highest BCUT2D eigenvalue weighted by atomic mass is 32.2. The van der Waals surface area contributed by atoms with Crippen LogP contribution in [0.25, 0.3) is 0 Å². The highest BCUT2D eigenvalue weighted by molar-refractivity contribution is 7.89. The molecule has 0 aromatic carbocycles. The smallest absolute Gasteiger partial charge is 0.214 e. The maximum Gasteiger partial charge on any atom is 0.214 e. The molecule has 0 radical (unpaired) electrons. The minimum atomic E-state index is -3.04. The number of hydrogen-bond acceptors (Lipinski definition) is 3. The normalized spacial score (nSPS) is 22.5. The lowest BCUT2D eigenvalue weighted by Crippen LogP contribution is -2.40. The molecule has 1 N–H and O–H groups in total. The van der Waals surface area contributed by atoms with Crippen LogP contribution in [-0.4, -0.2) is 44.2 Å². The second kappa shape index (κ2) is 6.71. The Morgan fingerprint density at radius 2 is 2.12 bits per heavy atom. The number of nitrogens with zero attached hydrogens (tertiary/aromatic N) is 1. The van der Waals surface area contributed by atoms with Crippen LogP contribution in [0.2, 0.25) is 0 Å². The molecule has 17 heavy (non-hydrogen) atoms. The quantitative estimate of drug-likeness (QED) is 0.706. The average Bonchev–Trinajstić information content (AvgIpc) is 2.74. The zero-order valence-corrected chi connectivity index (χ0v) is 12.1. The van der Waals surface area contributed by atoms with Gasteiger partial charge in [-0.1, -0.05) is 20.8 Å². The molecule has 1 rings (SSSR count). The van der Waals surface area contributed by atoms with Gasteiger partial charge in [0.2, 0.25) is 10.0 Å². The topological polar surface area (TPSA) is 49.4 Å². The molecule has 1 fully saturated rings. The summed E-state index contributed by atoms with van der Waals surface area (Å²) in [5.74, 6) is 0.699. The van der Waals surface area contributed by atoms with Gasteiger partial charge < -0.3 is 5.32 Å². The molecule has 1 aliphatic rings. The number of rotatable bonds is 7. The minimum Gasteiger partial charge on any atom is -0.317 e. The third-order valence-electron chi connectivity index (χ3n) is 3.38. The van der Waals surface area contributed by atoms with Crippen LogP contribution in [0.3, 0.4) is 0 Å². The van der Waals surface area contributed by atoms with E-state index in [1.165, 1.54) is 0 Å². The molecule has 5 heteroatoms. The lowest BCUT2D eigenvalue weighted by molar-refractivity contribution is 0.315. The van der Waals surface area contributed by atoms with E-state index in [4.69, 9.17) is 0 Å². The standard InChI is InChI=1S/C12H26N2O2S/c1-4-13-8-6-10-17(15,16)14-9-5-7-12(14)11(2)3/h11-13H,4-10H2,1-3H3. The number of nitrogens with one attached hydrogen (secondary N) is 1. The fraction of sp³-hybridized carbons (Fsp3) is 1.00. The molecule has 0 aliphatic carbocycles. The van der Waals surface area contributed by atoms with Crippen LogP contribution in [0.1, 0.15) is 40.0 Å². The van der Waals surface area contributed by atoms with Gasteiger partial charge in [0.25, 0.3) is 0 Å². The van der Waals surface area contributed by atoms with Crippen molar-refractivity contribution in [2.75, 3.05) is 25.4 Å². The van der Waals surface area contributed by atoms with Crippen molar-refractivity contribution >= 4 is 10.0 Å². The molecule has 1 saturated heterocycles. The number of hydrogen-bond donors (Lipinski definition) is 1. The van der Waals surface area contributed by atoms with Crippen molar-refractivity contribution in [3.05, 3.63) is 0 Å². The maximum atomic E-state index is 12.2. The van der Waals surface area contributed by atoms with Crippen molar-refractivity contribution in [3.63, 3.8) is 0 Å². The van der Waals surface area contributed by atoms with Gasteiger partial charge in [0.15, 0.2) is 0 Å². The predicted octanol–water partition coefficient (Wildman–Crippen LogP) is 1.44. The fourth-order valence-corrected chi connectivity index (χ4v) is 4.36. The first kappa shape index (κ1) is 14.9. The molecule has 0 spiro atoms. The lowest BCUT2D eigenvalue weighted by Gasteiger charge is -2.26. The van der Waals surface area contributed by atoms with Crippen molar-refractivity contribution in [1.82, 2.24) is 9.62 Å². The van der Waals surface area contributed by atoms with Gasteiger partial charge in [-0.2, -0.15) is 4.31 Å². The van der Waals surface area contributed by atoms with E-state index in [0.29, 0.717) is 18.9 Å². The van der Waals surface area contributed by atoms with E-state index in [2.05, 4.69) is 19.2 Å². The van der Waals surface area contributed by atoms with E-state index in [1.807, 2.05) is 6.92 Å². The fourth-order valence-electron chi connectivity index (χ4n) is 2.45. The molecule has 1 unspecified atom stereocenters. The van der Waals surface area contributed by atoms with Crippen LogP contribution < -0.4 is 5.32 Å². The predicted molar refractivity (Wildman–Crippen MR) is 71.5 cm³/mol. The lowest BCUT2D eigenvalue weighted by atomic mass is 10.0. The summed E-state index contributed by atoms with van der Waals surface area (Å²) in [4.78, 5) is 0. The minimum absolute atomic E-state index is 0.221. The monoisotopic (exact) mass is 262 g/mol. The van der Waals surface area contributed by atoms with E-state index >= 15 is 0 Å². The second-order valence-electron chi connectivity index (χ2n) is 5.09. The maximum absolute atomic E-state index is 12.2.